The normalized spacial score (nSPS) is 10.8. The van der Waals surface area contributed by atoms with Crippen molar-refractivity contribution in [3.05, 3.63) is 67.1 Å². The van der Waals surface area contributed by atoms with Crippen molar-refractivity contribution >= 4 is 55.7 Å². The fraction of sp³-hybridized carbons (Fsp3) is 0. The van der Waals surface area contributed by atoms with Crippen LogP contribution in [0.15, 0.2) is 41.4 Å². The first-order valence-corrected chi connectivity index (χ1v) is 8.73. The Morgan fingerprint density at radius 1 is 1.04 bits per heavy atom. The molecule has 3 rings (SSSR count). The van der Waals surface area contributed by atoms with Gasteiger partial charge in [-0.1, -0.05) is 22.7 Å². The first-order valence-electron chi connectivity index (χ1n) is 7.10. The lowest BCUT2D eigenvalue weighted by molar-refractivity contribution is -0.384. The van der Waals surface area contributed by atoms with Crippen LogP contribution in [-0.2, 0) is 0 Å². The van der Waals surface area contributed by atoms with Crippen molar-refractivity contribution in [2.24, 2.45) is 4.99 Å². The smallest absolute Gasteiger partial charge is 0.296 e. The molecule has 0 aliphatic heterocycles. The Hall–Kier alpha value is -3.58. The summed E-state index contributed by atoms with van der Waals surface area (Å²) in [6.07, 6.45) is 1.42. The van der Waals surface area contributed by atoms with E-state index in [9.17, 15) is 25.0 Å². The zero-order chi connectivity index (χ0) is 19.4. The first-order chi connectivity index (χ1) is 12.9. The molecule has 0 bridgehead atoms. The van der Waals surface area contributed by atoms with E-state index in [1.165, 1.54) is 36.5 Å². The van der Waals surface area contributed by atoms with E-state index in [0.717, 1.165) is 22.7 Å². The number of rotatable bonds is 6. The predicted octanol–water partition coefficient (Wildman–Crippen LogP) is 3.42. The highest BCUT2D eigenvalue weighted by atomic mass is 32.1. The Morgan fingerprint density at radius 3 is 2.41 bits per heavy atom. The van der Waals surface area contributed by atoms with Crippen molar-refractivity contribution in [1.29, 1.82) is 0 Å². The Balaban J connectivity index is 1.64. The third-order valence-electron chi connectivity index (χ3n) is 3.07. The van der Waals surface area contributed by atoms with Crippen molar-refractivity contribution < 1.29 is 14.6 Å². The molecule has 0 saturated heterocycles. The second kappa shape index (κ2) is 7.76. The molecule has 0 spiro atoms. The van der Waals surface area contributed by atoms with Crippen molar-refractivity contribution in [1.82, 2.24) is 10.2 Å². The number of amides is 1. The van der Waals surface area contributed by atoms with Gasteiger partial charge in [-0.15, -0.1) is 10.2 Å². The number of carbonyl (C=O) groups excluding carboxylic acids is 1. The topological polar surface area (TPSA) is 154 Å². The zero-order valence-corrected chi connectivity index (χ0v) is 14.8. The van der Waals surface area contributed by atoms with E-state index in [1.807, 2.05) is 0 Å². The highest BCUT2D eigenvalue weighted by Crippen LogP contribution is 2.26. The van der Waals surface area contributed by atoms with Gasteiger partial charge in [0.2, 0.25) is 10.3 Å². The quantitative estimate of drug-likeness (QED) is 0.375. The highest BCUT2D eigenvalue weighted by molar-refractivity contribution is 7.19. The van der Waals surface area contributed by atoms with Crippen LogP contribution in [-0.4, -0.2) is 32.2 Å². The summed E-state index contributed by atoms with van der Waals surface area (Å²) in [6, 6.07) is 8.05. The summed E-state index contributed by atoms with van der Waals surface area (Å²) in [5.41, 5.74) is 0.111. The number of aliphatic imine (C=N–C) groups is 1. The molecule has 1 N–H and O–H groups in total. The molecule has 0 fully saturated rings. The van der Waals surface area contributed by atoms with Gasteiger partial charge in [0.25, 0.3) is 11.6 Å². The fourth-order valence-electron chi connectivity index (χ4n) is 1.85. The average molecular weight is 404 g/mol. The maximum absolute atomic E-state index is 12.1. The molecule has 0 aliphatic rings. The van der Waals surface area contributed by atoms with Crippen LogP contribution in [0.4, 0.5) is 21.0 Å². The summed E-state index contributed by atoms with van der Waals surface area (Å²) in [4.78, 5) is 37.0. The Labute approximate surface area is 158 Å². The lowest BCUT2D eigenvalue weighted by atomic mass is 10.2. The number of benzene rings is 1. The molecule has 0 aliphatic carbocycles. The van der Waals surface area contributed by atoms with E-state index in [0.29, 0.717) is 4.88 Å². The number of nitrogens with zero attached hydrogens (tertiary/aromatic N) is 5. The van der Waals surface area contributed by atoms with Crippen LogP contribution in [0.5, 0.6) is 0 Å². The lowest BCUT2D eigenvalue weighted by Crippen LogP contribution is -2.11. The number of nitro benzene ring substituents is 1. The summed E-state index contributed by atoms with van der Waals surface area (Å²) in [5.74, 6) is -0.495. The second-order valence-electron chi connectivity index (χ2n) is 4.84. The monoisotopic (exact) mass is 404 g/mol. The molecular formula is C14H8N6O5S2. The van der Waals surface area contributed by atoms with Gasteiger partial charge in [0.15, 0.2) is 0 Å². The Morgan fingerprint density at radius 2 is 1.78 bits per heavy atom. The molecule has 136 valence electrons. The molecule has 11 nitrogen and oxygen atoms in total. The number of anilines is 1. The van der Waals surface area contributed by atoms with E-state index < -0.39 is 15.8 Å². The summed E-state index contributed by atoms with van der Waals surface area (Å²) in [5, 5.41) is 31.8. The molecule has 13 heteroatoms. The molecule has 1 amide bonds. The molecule has 3 aromatic rings. The van der Waals surface area contributed by atoms with Crippen molar-refractivity contribution in [3.8, 4) is 0 Å². The molecule has 2 heterocycles. The summed E-state index contributed by atoms with van der Waals surface area (Å²) >= 11 is 1.98. The second-order valence-corrected chi connectivity index (χ2v) is 6.89. The molecule has 0 radical (unpaired) electrons. The molecule has 0 unspecified atom stereocenters. The van der Waals surface area contributed by atoms with E-state index in [4.69, 9.17) is 0 Å². The van der Waals surface area contributed by atoms with Crippen LogP contribution in [0, 0.1) is 20.2 Å². The van der Waals surface area contributed by atoms with Crippen LogP contribution in [0.2, 0.25) is 0 Å². The van der Waals surface area contributed by atoms with E-state index in [1.54, 1.807) is 6.07 Å². The van der Waals surface area contributed by atoms with Crippen molar-refractivity contribution in [2.45, 2.75) is 0 Å². The van der Waals surface area contributed by atoms with Gasteiger partial charge in [0, 0.05) is 30.0 Å². The Kier molecular flexibility index (Phi) is 5.23. The number of nitro groups is 2. The van der Waals surface area contributed by atoms with Gasteiger partial charge in [-0.3, -0.25) is 30.3 Å². The van der Waals surface area contributed by atoms with E-state index >= 15 is 0 Å². The number of hydrogen-bond donors (Lipinski definition) is 1. The molecule has 0 atom stereocenters. The van der Waals surface area contributed by atoms with Crippen LogP contribution in [0.25, 0.3) is 0 Å². The summed E-state index contributed by atoms with van der Waals surface area (Å²) in [6.45, 7) is 0. The van der Waals surface area contributed by atoms with Gasteiger partial charge in [0.1, 0.15) is 0 Å². The number of carbonyl (C=O) groups is 1. The van der Waals surface area contributed by atoms with E-state index in [2.05, 4.69) is 20.5 Å². The highest BCUT2D eigenvalue weighted by Gasteiger charge is 2.12. The SMILES string of the molecule is O=C(Nc1nnc(/N=C/c2ccc([N+](=O)[O-])s2)s1)c1ccc([N+](=O)[O-])cc1. The van der Waals surface area contributed by atoms with Crippen LogP contribution >= 0.6 is 22.7 Å². The largest absolute Gasteiger partial charge is 0.324 e. The maximum Gasteiger partial charge on any atom is 0.324 e. The van der Waals surface area contributed by atoms with Crippen molar-refractivity contribution in [3.63, 3.8) is 0 Å². The van der Waals surface area contributed by atoms with Crippen LogP contribution in [0.3, 0.4) is 0 Å². The number of hydrogen-bond acceptors (Lipinski definition) is 10. The summed E-state index contributed by atoms with van der Waals surface area (Å²) < 4.78 is 0. The van der Waals surface area contributed by atoms with Crippen LogP contribution < -0.4 is 5.32 Å². The van der Waals surface area contributed by atoms with Gasteiger partial charge < -0.3 is 0 Å². The minimum Gasteiger partial charge on any atom is -0.296 e. The first kappa shape index (κ1) is 18.2. The van der Waals surface area contributed by atoms with Gasteiger partial charge >= 0.3 is 5.00 Å². The predicted molar refractivity (Wildman–Crippen MR) is 99.2 cm³/mol. The van der Waals surface area contributed by atoms with Gasteiger partial charge in [0.05, 0.1) is 14.7 Å². The number of nitrogens with one attached hydrogen (secondary N) is 1. The molecular weight excluding hydrogens is 396 g/mol. The molecule has 2 aromatic heterocycles. The number of thiophene rings is 1. The fourth-order valence-corrected chi connectivity index (χ4v) is 3.13. The average Bonchev–Trinajstić information content (AvgIpc) is 3.29. The maximum atomic E-state index is 12.1. The third kappa shape index (κ3) is 4.53. The Bertz CT molecular complexity index is 1040. The molecule has 27 heavy (non-hydrogen) atoms. The van der Waals surface area contributed by atoms with E-state index in [-0.39, 0.29) is 26.5 Å². The number of non-ortho nitro benzene ring substituents is 1. The third-order valence-corrected chi connectivity index (χ3v) is 4.79. The standard InChI is InChI=1S/C14H8N6O5S2/c21-12(8-1-3-9(4-2-8)19(22)23)16-14-18-17-13(27-14)15-7-10-5-6-11(26-10)20(24)25/h1-7H,(H,16,18,21)/b15-7+. The molecule has 0 saturated carbocycles. The zero-order valence-electron chi connectivity index (χ0n) is 13.1. The van der Waals surface area contributed by atoms with Crippen LogP contribution in [0.1, 0.15) is 15.2 Å². The van der Waals surface area contributed by atoms with Crippen molar-refractivity contribution in [2.75, 3.05) is 5.32 Å². The summed E-state index contributed by atoms with van der Waals surface area (Å²) in [7, 11) is 0. The van der Waals surface area contributed by atoms with Gasteiger partial charge in [-0.05, 0) is 18.2 Å². The minimum absolute atomic E-state index is 0.00441. The van der Waals surface area contributed by atoms with Gasteiger partial charge in [-0.2, -0.15) is 0 Å². The minimum atomic E-state index is -0.557. The number of aromatic nitrogens is 2. The van der Waals surface area contributed by atoms with Gasteiger partial charge in [-0.25, -0.2) is 4.99 Å². The lowest BCUT2D eigenvalue weighted by Gasteiger charge is -2.00. The molecule has 1 aromatic carbocycles.